The highest BCUT2D eigenvalue weighted by atomic mass is 35.5. The number of unbranched alkanes of at least 4 members (excludes halogenated alkanes) is 4. The van der Waals surface area contributed by atoms with E-state index in [-0.39, 0.29) is 24.1 Å². The van der Waals surface area contributed by atoms with Gasteiger partial charge in [0.15, 0.2) is 0 Å². The van der Waals surface area contributed by atoms with Gasteiger partial charge in [0.2, 0.25) is 5.91 Å². The number of anilines is 1. The first kappa shape index (κ1) is 26.5. The zero-order valence-corrected chi connectivity index (χ0v) is 22.0. The molecule has 6 heteroatoms. The Morgan fingerprint density at radius 1 is 0.943 bits per heavy atom. The summed E-state index contributed by atoms with van der Waals surface area (Å²) >= 11 is 0. The minimum Gasteiger partial charge on any atom is -0.387 e. The van der Waals surface area contributed by atoms with E-state index >= 15 is 0 Å². The lowest BCUT2D eigenvalue weighted by atomic mass is 9.50. The molecule has 0 atom stereocenters. The molecule has 35 heavy (non-hydrogen) atoms. The van der Waals surface area contributed by atoms with Crippen LogP contribution in [-0.4, -0.2) is 25.0 Å². The van der Waals surface area contributed by atoms with E-state index in [2.05, 4.69) is 17.4 Å². The number of halogens is 1. The monoisotopic (exact) mass is 501 g/mol. The van der Waals surface area contributed by atoms with Crippen LogP contribution in [0, 0.1) is 34.0 Å². The lowest BCUT2D eigenvalue weighted by Gasteiger charge is -2.56. The molecule has 0 unspecified atom stereocenters. The van der Waals surface area contributed by atoms with E-state index in [4.69, 9.17) is 15.9 Å². The van der Waals surface area contributed by atoms with Gasteiger partial charge < -0.3 is 15.8 Å². The Labute approximate surface area is 217 Å². The Kier molecular flexibility index (Phi) is 8.48. The van der Waals surface area contributed by atoms with E-state index in [0.29, 0.717) is 18.3 Å². The molecule has 0 radical (unpaired) electrons. The number of nitrogens with one attached hydrogen (secondary N) is 2. The average Bonchev–Trinajstić information content (AvgIpc) is 3.61. The fraction of sp³-hybridized carbons (Fsp3) is 0.724. The van der Waals surface area contributed by atoms with E-state index < -0.39 is 5.41 Å². The number of rotatable bonds is 13. The third-order valence-corrected chi connectivity index (χ3v) is 9.24. The molecule has 1 aromatic rings. The van der Waals surface area contributed by atoms with Crippen molar-refractivity contribution in [3.8, 4) is 0 Å². The van der Waals surface area contributed by atoms with E-state index in [0.717, 1.165) is 43.1 Å². The number of hydrogen-bond donors (Lipinski definition) is 3. The first-order chi connectivity index (χ1) is 16.5. The number of hydrogen-bond acceptors (Lipinski definition) is 3. The van der Waals surface area contributed by atoms with Crippen molar-refractivity contribution in [2.75, 3.05) is 18.5 Å². The van der Waals surface area contributed by atoms with Crippen LogP contribution in [0.25, 0.3) is 0 Å². The third kappa shape index (κ3) is 6.22. The maximum Gasteiger partial charge on any atom is 0.238 e. The molecule has 5 saturated carbocycles. The zero-order chi connectivity index (χ0) is 23.6. The van der Waals surface area contributed by atoms with Crippen LogP contribution in [0.15, 0.2) is 24.3 Å². The molecule has 0 spiro atoms. The largest absolute Gasteiger partial charge is 0.387 e. The summed E-state index contributed by atoms with van der Waals surface area (Å²) in [6, 6.07) is 8.12. The molecular weight excluding hydrogens is 458 g/mol. The van der Waals surface area contributed by atoms with Crippen molar-refractivity contribution in [2.24, 2.45) is 34.3 Å². The summed E-state index contributed by atoms with van der Waals surface area (Å²) in [5.41, 5.74) is 7.50. The normalized spacial score (nSPS) is 29.4. The van der Waals surface area contributed by atoms with Crippen LogP contribution in [0.1, 0.15) is 89.0 Å². The Bertz CT molecular complexity index is 845. The van der Waals surface area contributed by atoms with E-state index in [1.165, 1.54) is 76.2 Å². The molecular formula is C29H44ClN3O2. The second-order valence-corrected chi connectivity index (χ2v) is 12.1. The lowest BCUT2D eigenvalue weighted by Crippen LogP contribution is -2.48. The Balaban J connectivity index is 0.00000289. The van der Waals surface area contributed by atoms with Gasteiger partial charge in [-0.1, -0.05) is 31.4 Å². The summed E-state index contributed by atoms with van der Waals surface area (Å²) in [6.45, 7) is 1.97. The molecule has 0 saturated heterocycles. The maximum atomic E-state index is 12.4. The molecule has 4 bridgehead atoms. The van der Waals surface area contributed by atoms with Gasteiger partial charge in [0.1, 0.15) is 11.3 Å². The van der Waals surface area contributed by atoms with Crippen LogP contribution < -0.4 is 11.1 Å². The Hall–Kier alpha value is -1.59. The molecule has 194 valence electrons. The van der Waals surface area contributed by atoms with Crippen LogP contribution in [0.5, 0.6) is 0 Å². The summed E-state index contributed by atoms with van der Waals surface area (Å²) in [5, 5.41) is 10.6. The molecule has 1 aromatic carbocycles. The summed E-state index contributed by atoms with van der Waals surface area (Å²) in [6.07, 6.45) is 17.5. The number of ether oxygens (including phenoxy) is 1. The minimum atomic E-state index is -0.751. The number of amidine groups is 1. The topological polar surface area (TPSA) is 88.2 Å². The predicted octanol–water partition coefficient (Wildman–Crippen LogP) is 6.49. The van der Waals surface area contributed by atoms with Gasteiger partial charge in [-0.2, -0.15) is 0 Å². The van der Waals surface area contributed by atoms with Crippen LogP contribution in [0.4, 0.5) is 5.69 Å². The Morgan fingerprint density at radius 3 is 2.09 bits per heavy atom. The van der Waals surface area contributed by atoms with Gasteiger partial charge in [-0.15, -0.1) is 12.4 Å². The molecule has 6 rings (SSSR count). The smallest absolute Gasteiger partial charge is 0.238 e. The zero-order valence-electron chi connectivity index (χ0n) is 21.2. The molecule has 1 amide bonds. The van der Waals surface area contributed by atoms with Crippen LogP contribution >= 0.6 is 12.4 Å². The minimum absolute atomic E-state index is 0. The van der Waals surface area contributed by atoms with Gasteiger partial charge in [-0.05, 0) is 111 Å². The average molecular weight is 502 g/mol. The number of amides is 1. The molecule has 0 heterocycles. The van der Waals surface area contributed by atoms with Gasteiger partial charge >= 0.3 is 0 Å². The molecule has 4 N–H and O–H groups in total. The van der Waals surface area contributed by atoms with Gasteiger partial charge in [0, 0.05) is 12.3 Å². The van der Waals surface area contributed by atoms with Crippen molar-refractivity contribution in [1.82, 2.24) is 0 Å². The second-order valence-electron chi connectivity index (χ2n) is 12.1. The highest BCUT2D eigenvalue weighted by Gasteiger charge is 2.53. The predicted molar refractivity (Wildman–Crippen MR) is 144 cm³/mol. The van der Waals surface area contributed by atoms with Gasteiger partial charge in [0.05, 0.1) is 6.61 Å². The quantitative estimate of drug-likeness (QED) is 0.164. The van der Waals surface area contributed by atoms with E-state index in [1.54, 1.807) is 0 Å². The number of nitrogens with two attached hydrogens (primary N) is 1. The molecule has 0 aliphatic heterocycles. The first-order valence-corrected chi connectivity index (χ1v) is 13.8. The van der Waals surface area contributed by atoms with Crippen molar-refractivity contribution in [3.63, 3.8) is 0 Å². The van der Waals surface area contributed by atoms with Gasteiger partial charge in [-0.3, -0.25) is 10.2 Å². The van der Waals surface area contributed by atoms with Crippen molar-refractivity contribution in [1.29, 1.82) is 5.41 Å². The summed E-state index contributed by atoms with van der Waals surface area (Å²) in [7, 11) is 0. The fourth-order valence-electron chi connectivity index (χ4n) is 7.57. The maximum absolute atomic E-state index is 12.4. The number of aryl methyl sites for hydroxylation is 1. The highest BCUT2D eigenvalue weighted by molar-refractivity contribution is 6.13. The van der Waals surface area contributed by atoms with Crippen LogP contribution in [0.3, 0.4) is 0 Å². The number of carbonyl (C=O) groups is 1. The first-order valence-electron chi connectivity index (χ1n) is 13.8. The van der Waals surface area contributed by atoms with Gasteiger partial charge in [-0.25, -0.2) is 0 Å². The lowest BCUT2D eigenvalue weighted by molar-refractivity contribution is -0.119. The van der Waals surface area contributed by atoms with Crippen molar-refractivity contribution < 1.29 is 9.53 Å². The van der Waals surface area contributed by atoms with Crippen molar-refractivity contribution >= 4 is 29.8 Å². The highest BCUT2D eigenvalue weighted by Crippen LogP contribution is 2.60. The molecule has 0 aromatic heterocycles. The Morgan fingerprint density at radius 2 is 1.51 bits per heavy atom. The summed E-state index contributed by atoms with van der Waals surface area (Å²) in [5.74, 6) is 2.90. The molecule has 5 aliphatic carbocycles. The number of carbonyl (C=O) groups excluding carboxylic acids is 1. The second kappa shape index (κ2) is 11.2. The van der Waals surface area contributed by atoms with Crippen molar-refractivity contribution in [2.45, 2.75) is 89.9 Å². The van der Waals surface area contributed by atoms with Gasteiger partial charge in [0.25, 0.3) is 0 Å². The van der Waals surface area contributed by atoms with E-state index in [9.17, 15) is 4.79 Å². The SMILES string of the molecule is Cl.N=C(N)C1(C(=O)Nc2ccc(CCCCCCCOCC34CC5CC(CC(C5)C3)C4)cc2)CC1. The molecule has 5 aliphatic rings. The van der Waals surface area contributed by atoms with Crippen molar-refractivity contribution in [3.05, 3.63) is 29.8 Å². The molecule has 5 fully saturated rings. The number of benzene rings is 1. The summed E-state index contributed by atoms with van der Waals surface area (Å²) in [4.78, 5) is 12.4. The third-order valence-electron chi connectivity index (χ3n) is 9.24. The standard InChI is InChI=1S/C29H43N3O2.ClH/c30-26(31)29(11-12-29)27(33)32-25-9-7-21(8-10-25)6-4-2-1-3-5-13-34-20-28-17-22-14-23(18-28)16-24(15-22)19-28;/h7-10,22-24H,1-6,11-20H2,(H3,30,31)(H,32,33);1H. The van der Waals surface area contributed by atoms with Crippen LogP contribution in [0.2, 0.25) is 0 Å². The van der Waals surface area contributed by atoms with E-state index in [1.807, 2.05) is 12.1 Å². The van der Waals surface area contributed by atoms with Crippen LogP contribution in [-0.2, 0) is 16.0 Å². The molecule has 5 nitrogen and oxygen atoms in total. The summed E-state index contributed by atoms with van der Waals surface area (Å²) < 4.78 is 6.22. The fourth-order valence-corrected chi connectivity index (χ4v) is 7.57.